The van der Waals surface area contributed by atoms with Crippen LogP contribution in [0.3, 0.4) is 0 Å². The van der Waals surface area contributed by atoms with Crippen molar-refractivity contribution in [1.82, 2.24) is 15.3 Å². The molecule has 1 aromatic heterocycles. The number of benzene rings is 2. The minimum absolute atomic E-state index is 0.844. The summed E-state index contributed by atoms with van der Waals surface area (Å²) in [6.45, 7) is 2.73. The number of hydrogen-bond acceptors (Lipinski definition) is 4. The van der Waals surface area contributed by atoms with E-state index in [2.05, 4.69) is 63.1 Å². The topological polar surface area (TPSA) is 49.8 Å². The van der Waals surface area contributed by atoms with Crippen molar-refractivity contribution >= 4 is 16.6 Å². The lowest BCUT2D eigenvalue weighted by atomic mass is 10.0. The molecule has 116 valence electrons. The van der Waals surface area contributed by atoms with Crippen molar-refractivity contribution < 1.29 is 0 Å². The Morgan fingerprint density at radius 1 is 1.04 bits per heavy atom. The van der Waals surface area contributed by atoms with Crippen LogP contribution in [-0.4, -0.2) is 23.1 Å². The van der Waals surface area contributed by atoms with Crippen LogP contribution >= 0.6 is 0 Å². The summed E-state index contributed by atoms with van der Waals surface area (Å²) in [5.41, 5.74) is 3.74. The molecule has 0 saturated carbocycles. The van der Waals surface area contributed by atoms with Gasteiger partial charge in [-0.05, 0) is 35.7 Å². The molecule has 1 aliphatic heterocycles. The second kappa shape index (κ2) is 6.34. The summed E-state index contributed by atoms with van der Waals surface area (Å²) in [4.78, 5) is 8.79. The standard InChI is InChI=1S/C19H20N4/c1-2-4-16-11-14(5-6-15(16)3-1)7-10-21-19-17-8-9-20-12-18(17)22-13-23-19/h1-6,11,13,20H,7-10,12H2,(H,21,22,23). The van der Waals surface area contributed by atoms with E-state index in [9.17, 15) is 0 Å². The van der Waals surface area contributed by atoms with Crippen LogP contribution in [0.2, 0.25) is 0 Å². The summed E-state index contributed by atoms with van der Waals surface area (Å²) < 4.78 is 0. The van der Waals surface area contributed by atoms with Crippen LogP contribution in [0, 0.1) is 0 Å². The highest BCUT2D eigenvalue weighted by Crippen LogP contribution is 2.19. The van der Waals surface area contributed by atoms with Crippen LogP contribution in [0.25, 0.3) is 10.8 Å². The highest BCUT2D eigenvalue weighted by atomic mass is 15.0. The number of nitrogens with zero attached hydrogens (tertiary/aromatic N) is 2. The molecule has 0 amide bonds. The summed E-state index contributed by atoms with van der Waals surface area (Å²) in [5, 5.41) is 9.43. The minimum atomic E-state index is 0.844. The normalized spacial score (nSPS) is 13.7. The van der Waals surface area contributed by atoms with E-state index in [-0.39, 0.29) is 0 Å². The Hall–Kier alpha value is -2.46. The number of nitrogens with one attached hydrogen (secondary N) is 2. The summed E-state index contributed by atoms with van der Waals surface area (Å²) in [7, 11) is 0. The molecular weight excluding hydrogens is 284 g/mol. The average Bonchev–Trinajstić information content (AvgIpc) is 2.62. The lowest BCUT2D eigenvalue weighted by Crippen LogP contribution is -2.26. The molecule has 2 aromatic carbocycles. The van der Waals surface area contributed by atoms with E-state index in [0.717, 1.165) is 44.0 Å². The molecule has 23 heavy (non-hydrogen) atoms. The SMILES string of the molecule is c1ccc2cc(CCNc3ncnc4c3CCNC4)ccc2c1. The second-order valence-electron chi connectivity index (χ2n) is 5.93. The first kappa shape index (κ1) is 14.2. The fourth-order valence-corrected chi connectivity index (χ4v) is 3.16. The molecule has 0 spiro atoms. The van der Waals surface area contributed by atoms with Gasteiger partial charge in [-0.3, -0.25) is 0 Å². The minimum Gasteiger partial charge on any atom is -0.369 e. The van der Waals surface area contributed by atoms with Crippen molar-refractivity contribution in [2.24, 2.45) is 0 Å². The third kappa shape index (κ3) is 3.03. The van der Waals surface area contributed by atoms with Gasteiger partial charge in [-0.15, -0.1) is 0 Å². The summed E-state index contributed by atoms with van der Waals surface area (Å²) in [5.74, 6) is 0.997. The maximum atomic E-state index is 4.42. The quantitative estimate of drug-likeness (QED) is 0.778. The zero-order chi connectivity index (χ0) is 15.5. The summed E-state index contributed by atoms with van der Waals surface area (Å²) in [6, 6.07) is 15.2. The van der Waals surface area contributed by atoms with Gasteiger partial charge in [0.15, 0.2) is 0 Å². The molecule has 1 aliphatic rings. The zero-order valence-corrected chi connectivity index (χ0v) is 13.0. The van der Waals surface area contributed by atoms with Gasteiger partial charge in [0.05, 0.1) is 5.69 Å². The third-order valence-corrected chi connectivity index (χ3v) is 4.40. The Kier molecular flexibility index (Phi) is 3.90. The molecule has 0 saturated heterocycles. The first-order chi connectivity index (χ1) is 11.4. The van der Waals surface area contributed by atoms with E-state index in [1.807, 2.05) is 0 Å². The molecular formula is C19H20N4. The first-order valence-corrected chi connectivity index (χ1v) is 8.15. The predicted molar refractivity (Wildman–Crippen MR) is 93.6 cm³/mol. The molecule has 2 N–H and O–H groups in total. The van der Waals surface area contributed by atoms with Gasteiger partial charge in [0.1, 0.15) is 12.1 Å². The van der Waals surface area contributed by atoms with Gasteiger partial charge in [-0.2, -0.15) is 0 Å². The highest BCUT2D eigenvalue weighted by molar-refractivity contribution is 5.83. The van der Waals surface area contributed by atoms with Crippen LogP contribution in [0.1, 0.15) is 16.8 Å². The number of fused-ring (bicyclic) bond motifs is 2. The van der Waals surface area contributed by atoms with Crippen molar-refractivity contribution in [3.63, 3.8) is 0 Å². The van der Waals surface area contributed by atoms with E-state index in [1.54, 1.807) is 6.33 Å². The van der Waals surface area contributed by atoms with Crippen molar-refractivity contribution in [1.29, 1.82) is 0 Å². The molecule has 4 heteroatoms. The number of rotatable bonds is 4. The number of anilines is 1. The number of hydrogen-bond donors (Lipinski definition) is 2. The van der Waals surface area contributed by atoms with Crippen LogP contribution < -0.4 is 10.6 Å². The van der Waals surface area contributed by atoms with E-state index in [1.165, 1.54) is 21.9 Å². The smallest absolute Gasteiger partial charge is 0.132 e. The van der Waals surface area contributed by atoms with Gasteiger partial charge in [0.25, 0.3) is 0 Å². The molecule has 4 rings (SSSR count). The van der Waals surface area contributed by atoms with Gasteiger partial charge < -0.3 is 10.6 Å². The van der Waals surface area contributed by atoms with Crippen LogP contribution in [0.5, 0.6) is 0 Å². The number of aromatic nitrogens is 2. The summed E-state index contributed by atoms with van der Waals surface area (Å²) in [6.07, 6.45) is 3.64. The Morgan fingerprint density at radius 2 is 1.96 bits per heavy atom. The largest absolute Gasteiger partial charge is 0.369 e. The van der Waals surface area contributed by atoms with E-state index in [0.29, 0.717) is 0 Å². The Labute approximate surface area is 136 Å². The monoisotopic (exact) mass is 304 g/mol. The average molecular weight is 304 g/mol. The fourth-order valence-electron chi connectivity index (χ4n) is 3.16. The molecule has 4 nitrogen and oxygen atoms in total. The van der Waals surface area contributed by atoms with E-state index < -0.39 is 0 Å². The molecule has 0 bridgehead atoms. The van der Waals surface area contributed by atoms with Gasteiger partial charge >= 0.3 is 0 Å². The summed E-state index contributed by atoms with van der Waals surface area (Å²) >= 11 is 0. The second-order valence-corrected chi connectivity index (χ2v) is 5.93. The molecule has 3 aromatic rings. The van der Waals surface area contributed by atoms with E-state index >= 15 is 0 Å². The Bertz CT molecular complexity index is 828. The van der Waals surface area contributed by atoms with Crippen LogP contribution in [0.4, 0.5) is 5.82 Å². The zero-order valence-electron chi connectivity index (χ0n) is 13.0. The fraction of sp³-hybridized carbons (Fsp3) is 0.263. The predicted octanol–water partition coefficient (Wildman–Crippen LogP) is 2.93. The third-order valence-electron chi connectivity index (χ3n) is 4.40. The van der Waals surface area contributed by atoms with Crippen molar-refractivity contribution in [2.45, 2.75) is 19.4 Å². The lowest BCUT2D eigenvalue weighted by Gasteiger charge is -2.19. The lowest BCUT2D eigenvalue weighted by molar-refractivity contribution is 0.624. The maximum Gasteiger partial charge on any atom is 0.132 e. The molecule has 0 atom stereocenters. The Balaban J connectivity index is 1.45. The molecule has 0 fully saturated rings. The molecule has 0 radical (unpaired) electrons. The molecule has 0 unspecified atom stereocenters. The van der Waals surface area contributed by atoms with Gasteiger partial charge in [-0.1, -0.05) is 42.5 Å². The molecule has 2 heterocycles. The van der Waals surface area contributed by atoms with Crippen LogP contribution in [0.15, 0.2) is 48.8 Å². The highest BCUT2D eigenvalue weighted by Gasteiger charge is 2.14. The van der Waals surface area contributed by atoms with Crippen molar-refractivity contribution in [3.05, 3.63) is 65.6 Å². The van der Waals surface area contributed by atoms with Gasteiger partial charge in [-0.25, -0.2) is 9.97 Å². The van der Waals surface area contributed by atoms with Gasteiger partial charge in [0, 0.05) is 18.7 Å². The first-order valence-electron chi connectivity index (χ1n) is 8.15. The maximum absolute atomic E-state index is 4.42. The Morgan fingerprint density at radius 3 is 2.91 bits per heavy atom. The van der Waals surface area contributed by atoms with Crippen LogP contribution in [-0.2, 0) is 19.4 Å². The molecule has 0 aliphatic carbocycles. The van der Waals surface area contributed by atoms with E-state index in [4.69, 9.17) is 0 Å². The van der Waals surface area contributed by atoms with Crippen molar-refractivity contribution in [3.8, 4) is 0 Å². The van der Waals surface area contributed by atoms with Gasteiger partial charge in [0.2, 0.25) is 0 Å². The van der Waals surface area contributed by atoms with Crippen molar-refractivity contribution in [2.75, 3.05) is 18.4 Å².